The van der Waals surface area contributed by atoms with E-state index in [9.17, 15) is 4.79 Å². The van der Waals surface area contributed by atoms with Crippen molar-refractivity contribution in [1.82, 2.24) is 0 Å². The lowest BCUT2D eigenvalue weighted by Crippen LogP contribution is -2.17. The van der Waals surface area contributed by atoms with Gasteiger partial charge in [0.2, 0.25) is 0 Å². The van der Waals surface area contributed by atoms with Gasteiger partial charge in [-0.05, 0) is 37.8 Å². The lowest BCUT2D eigenvalue weighted by Gasteiger charge is -2.15. The molecule has 19 heavy (non-hydrogen) atoms. The second-order valence-corrected chi connectivity index (χ2v) is 5.01. The van der Waals surface area contributed by atoms with Crippen molar-refractivity contribution in [3.05, 3.63) is 23.8 Å². The highest BCUT2D eigenvalue weighted by atomic mass is 16.5. The van der Waals surface area contributed by atoms with Crippen molar-refractivity contribution in [3.8, 4) is 5.75 Å². The Morgan fingerprint density at radius 2 is 1.84 bits per heavy atom. The fourth-order valence-corrected chi connectivity index (χ4v) is 2.44. The summed E-state index contributed by atoms with van der Waals surface area (Å²) in [5, 5.41) is 0. The van der Waals surface area contributed by atoms with Crippen molar-refractivity contribution < 1.29 is 14.3 Å². The maximum atomic E-state index is 12.1. The number of nitrogen functional groups attached to an aromatic ring is 1. The molecule has 0 radical (unpaired) electrons. The summed E-state index contributed by atoms with van der Waals surface area (Å²) in [4.78, 5) is 12.1. The number of carbonyl (C=O) groups is 1. The van der Waals surface area contributed by atoms with Crippen molar-refractivity contribution in [1.29, 1.82) is 0 Å². The van der Waals surface area contributed by atoms with E-state index >= 15 is 0 Å². The minimum absolute atomic E-state index is 0.0439. The first-order valence-electron chi connectivity index (χ1n) is 6.84. The number of esters is 1. The molecule has 4 heteroatoms. The first-order chi connectivity index (χ1) is 9.19. The van der Waals surface area contributed by atoms with Crippen LogP contribution in [0.5, 0.6) is 5.75 Å². The molecule has 0 unspecified atom stereocenters. The second-order valence-electron chi connectivity index (χ2n) is 5.01. The van der Waals surface area contributed by atoms with E-state index in [0.29, 0.717) is 17.0 Å². The average molecular weight is 263 g/mol. The zero-order chi connectivity index (χ0) is 13.7. The molecule has 0 aromatic heterocycles. The molecule has 1 aliphatic carbocycles. The normalized spacial score (nSPS) is 16.7. The standard InChI is InChI=1S/C15H21NO3/c1-18-14-9-11(8-12(16)10-14)15(17)19-13-6-4-2-3-5-7-13/h8-10,13H,2-7,16H2,1H3. The molecular weight excluding hydrogens is 242 g/mol. The fourth-order valence-electron chi connectivity index (χ4n) is 2.44. The van der Waals surface area contributed by atoms with Crippen LogP contribution >= 0.6 is 0 Å². The number of hydrogen-bond donors (Lipinski definition) is 1. The van der Waals surface area contributed by atoms with E-state index in [2.05, 4.69) is 0 Å². The average Bonchev–Trinajstić information content (AvgIpc) is 2.66. The topological polar surface area (TPSA) is 61.5 Å². The van der Waals surface area contributed by atoms with Crippen LogP contribution in [0.25, 0.3) is 0 Å². The van der Waals surface area contributed by atoms with Gasteiger partial charge in [-0.1, -0.05) is 12.8 Å². The van der Waals surface area contributed by atoms with Gasteiger partial charge in [0.15, 0.2) is 0 Å². The van der Waals surface area contributed by atoms with Gasteiger partial charge in [-0.15, -0.1) is 0 Å². The van der Waals surface area contributed by atoms with Gasteiger partial charge in [0.25, 0.3) is 0 Å². The Kier molecular flexibility index (Phi) is 4.66. The van der Waals surface area contributed by atoms with Gasteiger partial charge in [-0.3, -0.25) is 0 Å². The first-order valence-corrected chi connectivity index (χ1v) is 6.84. The van der Waals surface area contributed by atoms with Crippen molar-refractivity contribution >= 4 is 11.7 Å². The van der Waals surface area contributed by atoms with Crippen LogP contribution in [0, 0.1) is 0 Å². The van der Waals surface area contributed by atoms with E-state index in [1.54, 1.807) is 25.3 Å². The van der Waals surface area contributed by atoms with Crippen LogP contribution in [0.4, 0.5) is 5.69 Å². The zero-order valence-corrected chi connectivity index (χ0v) is 11.4. The number of nitrogens with two attached hydrogens (primary N) is 1. The van der Waals surface area contributed by atoms with Crippen LogP contribution in [0.3, 0.4) is 0 Å². The summed E-state index contributed by atoms with van der Waals surface area (Å²) in [5.74, 6) is 0.269. The summed E-state index contributed by atoms with van der Waals surface area (Å²) in [7, 11) is 1.55. The van der Waals surface area contributed by atoms with E-state index in [-0.39, 0.29) is 12.1 Å². The van der Waals surface area contributed by atoms with Gasteiger partial charge in [0, 0.05) is 11.8 Å². The third-order valence-electron chi connectivity index (χ3n) is 3.48. The maximum Gasteiger partial charge on any atom is 0.338 e. The minimum atomic E-state index is -0.308. The molecule has 0 amide bonds. The van der Waals surface area contributed by atoms with E-state index in [1.807, 2.05) is 0 Å². The van der Waals surface area contributed by atoms with E-state index in [1.165, 1.54) is 12.8 Å². The number of carbonyl (C=O) groups excluding carboxylic acids is 1. The highest BCUT2D eigenvalue weighted by molar-refractivity contribution is 5.91. The molecule has 0 saturated heterocycles. The lowest BCUT2D eigenvalue weighted by atomic mass is 10.1. The third kappa shape index (κ3) is 3.88. The number of hydrogen-bond acceptors (Lipinski definition) is 4. The Hall–Kier alpha value is -1.71. The van der Waals surface area contributed by atoms with Crippen LogP contribution in [-0.4, -0.2) is 19.2 Å². The Morgan fingerprint density at radius 1 is 1.16 bits per heavy atom. The van der Waals surface area contributed by atoms with Crippen molar-refractivity contribution in [2.45, 2.75) is 44.6 Å². The van der Waals surface area contributed by atoms with E-state index in [0.717, 1.165) is 25.7 Å². The summed E-state index contributed by atoms with van der Waals surface area (Å²) >= 11 is 0. The number of rotatable bonds is 3. The zero-order valence-electron chi connectivity index (χ0n) is 11.4. The smallest absolute Gasteiger partial charge is 0.338 e. The first kappa shape index (κ1) is 13.7. The predicted molar refractivity (Wildman–Crippen MR) is 74.3 cm³/mol. The molecule has 0 heterocycles. The highest BCUT2D eigenvalue weighted by Gasteiger charge is 2.18. The van der Waals surface area contributed by atoms with Gasteiger partial charge in [-0.2, -0.15) is 0 Å². The van der Waals surface area contributed by atoms with Crippen LogP contribution in [0.2, 0.25) is 0 Å². The summed E-state index contributed by atoms with van der Waals surface area (Å²) in [6, 6.07) is 4.97. The van der Waals surface area contributed by atoms with Gasteiger partial charge in [0.05, 0.1) is 12.7 Å². The van der Waals surface area contributed by atoms with E-state index in [4.69, 9.17) is 15.2 Å². The monoisotopic (exact) mass is 263 g/mol. The van der Waals surface area contributed by atoms with Crippen LogP contribution < -0.4 is 10.5 Å². The lowest BCUT2D eigenvalue weighted by molar-refractivity contribution is 0.0267. The SMILES string of the molecule is COc1cc(N)cc(C(=O)OC2CCCCCC2)c1. The maximum absolute atomic E-state index is 12.1. The summed E-state index contributed by atoms with van der Waals surface area (Å²) < 4.78 is 10.7. The molecule has 0 atom stereocenters. The Labute approximate surface area is 113 Å². The molecule has 1 saturated carbocycles. The van der Waals surface area contributed by atoms with Crippen molar-refractivity contribution in [2.24, 2.45) is 0 Å². The van der Waals surface area contributed by atoms with Crippen LogP contribution in [0.15, 0.2) is 18.2 Å². The minimum Gasteiger partial charge on any atom is -0.497 e. The molecule has 1 aliphatic rings. The molecule has 104 valence electrons. The fraction of sp³-hybridized carbons (Fsp3) is 0.533. The summed E-state index contributed by atoms with van der Waals surface area (Å²) in [6.45, 7) is 0. The third-order valence-corrected chi connectivity index (χ3v) is 3.48. The number of methoxy groups -OCH3 is 1. The van der Waals surface area contributed by atoms with Gasteiger partial charge < -0.3 is 15.2 Å². The van der Waals surface area contributed by atoms with Gasteiger partial charge >= 0.3 is 5.97 Å². The molecule has 2 N–H and O–H groups in total. The molecule has 1 aromatic carbocycles. The molecule has 0 aliphatic heterocycles. The number of benzene rings is 1. The number of ether oxygens (including phenoxy) is 2. The van der Waals surface area contributed by atoms with Crippen molar-refractivity contribution in [3.63, 3.8) is 0 Å². The van der Waals surface area contributed by atoms with Gasteiger partial charge in [-0.25, -0.2) is 4.79 Å². The van der Waals surface area contributed by atoms with Crippen LogP contribution in [-0.2, 0) is 4.74 Å². The van der Waals surface area contributed by atoms with Crippen LogP contribution in [0.1, 0.15) is 48.9 Å². The quantitative estimate of drug-likeness (QED) is 0.517. The van der Waals surface area contributed by atoms with Gasteiger partial charge in [0.1, 0.15) is 11.9 Å². The molecular formula is C15H21NO3. The number of anilines is 1. The molecule has 1 fully saturated rings. The second kappa shape index (κ2) is 6.45. The summed E-state index contributed by atoms with van der Waals surface area (Å²) in [6.07, 6.45) is 6.72. The largest absolute Gasteiger partial charge is 0.497 e. The Bertz CT molecular complexity index is 437. The molecule has 4 nitrogen and oxygen atoms in total. The summed E-state index contributed by atoms with van der Waals surface area (Å²) in [5.41, 5.74) is 6.71. The predicted octanol–water partition coefficient (Wildman–Crippen LogP) is 3.16. The molecule has 0 spiro atoms. The molecule has 0 bridgehead atoms. The van der Waals surface area contributed by atoms with E-state index < -0.39 is 0 Å². The molecule has 2 rings (SSSR count). The highest BCUT2D eigenvalue weighted by Crippen LogP contribution is 2.23. The Balaban J connectivity index is 2.04. The molecule has 1 aromatic rings. The Morgan fingerprint density at radius 3 is 2.47 bits per heavy atom. The van der Waals surface area contributed by atoms with Crippen molar-refractivity contribution in [2.75, 3.05) is 12.8 Å².